The Morgan fingerprint density at radius 2 is 2.36 bits per heavy atom. The summed E-state index contributed by atoms with van der Waals surface area (Å²) < 4.78 is 0. The molecule has 0 radical (unpaired) electrons. The number of rotatable bonds is 1. The summed E-state index contributed by atoms with van der Waals surface area (Å²) >= 11 is 0. The molecule has 0 heterocycles. The largest absolute Gasteiger partial charge is 0.298 e. The van der Waals surface area contributed by atoms with Crippen LogP contribution in [-0.2, 0) is 4.79 Å². The Morgan fingerprint density at radius 3 is 2.73 bits per heavy atom. The topological polar surface area (TPSA) is 40.9 Å². The molecule has 11 heavy (non-hydrogen) atoms. The average Bonchev–Trinajstić information content (AvgIpc) is 2.06. The number of Topliss-reactive ketones (excluding diaryl/α,β-unsaturated/α-hetero) is 1. The minimum Gasteiger partial charge on any atom is -0.298 e. The van der Waals surface area contributed by atoms with Crippen molar-refractivity contribution >= 4 is 5.78 Å². The molecule has 0 spiro atoms. The van der Waals surface area contributed by atoms with Crippen molar-refractivity contribution in [1.29, 1.82) is 5.26 Å². The summed E-state index contributed by atoms with van der Waals surface area (Å²) in [6, 6.07) is 2.17. The SMILES string of the molecule is CCC1(C#N)CCCCC1=O. The minimum atomic E-state index is -0.613. The van der Waals surface area contributed by atoms with Crippen LogP contribution in [0.2, 0.25) is 0 Å². The van der Waals surface area contributed by atoms with Gasteiger partial charge in [-0.25, -0.2) is 0 Å². The maximum Gasteiger partial charge on any atom is 0.153 e. The van der Waals surface area contributed by atoms with Crippen LogP contribution in [0.4, 0.5) is 0 Å². The molecule has 0 N–H and O–H groups in total. The lowest BCUT2D eigenvalue weighted by Crippen LogP contribution is -2.31. The lowest BCUT2D eigenvalue weighted by Gasteiger charge is -2.27. The van der Waals surface area contributed by atoms with Gasteiger partial charge in [-0.3, -0.25) is 4.79 Å². The molecule has 0 saturated heterocycles. The molecule has 0 amide bonds. The molecule has 0 aliphatic heterocycles. The van der Waals surface area contributed by atoms with Crippen LogP contribution >= 0.6 is 0 Å². The van der Waals surface area contributed by atoms with Crippen molar-refractivity contribution < 1.29 is 4.79 Å². The fraction of sp³-hybridized carbons (Fsp3) is 0.778. The fourth-order valence-corrected chi connectivity index (χ4v) is 1.66. The summed E-state index contributed by atoms with van der Waals surface area (Å²) in [5.74, 6) is 0.161. The zero-order valence-corrected chi connectivity index (χ0v) is 6.89. The van der Waals surface area contributed by atoms with Crippen molar-refractivity contribution in [3.8, 4) is 6.07 Å². The van der Waals surface area contributed by atoms with Crippen LogP contribution in [0.5, 0.6) is 0 Å². The summed E-state index contributed by atoms with van der Waals surface area (Å²) in [6.45, 7) is 1.92. The van der Waals surface area contributed by atoms with Crippen molar-refractivity contribution in [2.24, 2.45) is 5.41 Å². The molecule has 1 atom stereocenters. The highest BCUT2D eigenvalue weighted by Gasteiger charge is 2.37. The fourth-order valence-electron chi connectivity index (χ4n) is 1.66. The van der Waals surface area contributed by atoms with Crippen molar-refractivity contribution in [2.45, 2.75) is 39.0 Å². The van der Waals surface area contributed by atoms with Gasteiger partial charge >= 0.3 is 0 Å². The third kappa shape index (κ3) is 1.28. The molecule has 1 saturated carbocycles. The van der Waals surface area contributed by atoms with Gasteiger partial charge in [-0.1, -0.05) is 13.3 Å². The number of nitriles is 1. The second kappa shape index (κ2) is 3.04. The molecule has 1 aliphatic rings. The summed E-state index contributed by atoms with van der Waals surface area (Å²) in [4.78, 5) is 11.4. The molecule has 60 valence electrons. The first-order valence-electron chi connectivity index (χ1n) is 4.20. The van der Waals surface area contributed by atoms with Crippen LogP contribution in [0.25, 0.3) is 0 Å². The Bertz CT molecular complexity index is 204. The molecule has 1 rings (SSSR count). The summed E-state index contributed by atoms with van der Waals surface area (Å²) in [7, 11) is 0. The number of ketones is 1. The van der Waals surface area contributed by atoms with Crippen molar-refractivity contribution in [3.05, 3.63) is 0 Å². The van der Waals surface area contributed by atoms with Gasteiger partial charge < -0.3 is 0 Å². The Labute approximate surface area is 67.2 Å². The third-order valence-electron chi connectivity index (χ3n) is 2.61. The first-order chi connectivity index (χ1) is 5.25. The minimum absolute atomic E-state index is 0.161. The van der Waals surface area contributed by atoms with E-state index in [1.165, 1.54) is 0 Å². The Balaban J connectivity index is 2.80. The highest BCUT2D eigenvalue weighted by Crippen LogP contribution is 2.35. The number of carbonyl (C=O) groups is 1. The van der Waals surface area contributed by atoms with E-state index >= 15 is 0 Å². The van der Waals surface area contributed by atoms with Gasteiger partial charge in [-0.05, 0) is 19.3 Å². The third-order valence-corrected chi connectivity index (χ3v) is 2.61. The number of nitrogens with zero attached hydrogens (tertiary/aromatic N) is 1. The van der Waals surface area contributed by atoms with Crippen LogP contribution in [0, 0.1) is 16.7 Å². The first-order valence-corrected chi connectivity index (χ1v) is 4.20. The van der Waals surface area contributed by atoms with Gasteiger partial charge in [0.15, 0.2) is 5.78 Å². The number of hydrogen-bond acceptors (Lipinski definition) is 2. The molecule has 2 nitrogen and oxygen atoms in total. The van der Waals surface area contributed by atoms with Crippen LogP contribution in [0.3, 0.4) is 0 Å². The lowest BCUT2D eigenvalue weighted by atomic mass is 9.72. The van der Waals surface area contributed by atoms with E-state index in [2.05, 4.69) is 6.07 Å². The van der Waals surface area contributed by atoms with Crippen LogP contribution < -0.4 is 0 Å². The van der Waals surface area contributed by atoms with E-state index in [1.807, 2.05) is 6.92 Å². The van der Waals surface area contributed by atoms with Gasteiger partial charge in [-0.15, -0.1) is 0 Å². The van der Waals surface area contributed by atoms with E-state index in [0.717, 1.165) is 19.3 Å². The normalized spacial score (nSPS) is 31.5. The van der Waals surface area contributed by atoms with E-state index in [4.69, 9.17) is 5.26 Å². The Kier molecular flexibility index (Phi) is 2.28. The zero-order chi connectivity index (χ0) is 8.32. The van der Waals surface area contributed by atoms with Gasteiger partial charge in [0.1, 0.15) is 5.41 Å². The smallest absolute Gasteiger partial charge is 0.153 e. The molecule has 1 aliphatic carbocycles. The molecular weight excluding hydrogens is 138 g/mol. The van der Waals surface area contributed by atoms with Gasteiger partial charge in [0.2, 0.25) is 0 Å². The van der Waals surface area contributed by atoms with Crippen LogP contribution in [0.15, 0.2) is 0 Å². The molecule has 1 fully saturated rings. The standard InChI is InChI=1S/C9H13NO/c1-2-9(7-10)6-4-3-5-8(9)11/h2-6H2,1H3. The summed E-state index contributed by atoms with van der Waals surface area (Å²) in [5.41, 5.74) is -0.613. The van der Waals surface area contributed by atoms with Crippen molar-refractivity contribution in [2.75, 3.05) is 0 Å². The van der Waals surface area contributed by atoms with E-state index in [9.17, 15) is 4.79 Å². The lowest BCUT2D eigenvalue weighted by molar-refractivity contribution is -0.128. The van der Waals surface area contributed by atoms with Gasteiger partial charge in [-0.2, -0.15) is 5.26 Å². The second-order valence-corrected chi connectivity index (χ2v) is 3.18. The quantitative estimate of drug-likeness (QED) is 0.575. The zero-order valence-electron chi connectivity index (χ0n) is 6.89. The van der Waals surface area contributed by atoms with Crippen molar-refractivity contribution in [3.63, 3.8) is 0 Å². The van der Waals surface area contributed by atoms with Crippen molar-refractivity contribution in [1.82, 2.24) is 0 Å². The van der Waals surface area contributed by atoms with Crippen LogP contribution in [-0.4, -0.2) is 5.78 Å². The van der Waals surface area contributed by atoms with Gasteiger partial charge in [0.05, 0.1) is 6.07 Å². The molecular formula is C9H13NO. The molecule has 0 aromatic carbocycles. The van der Waals surface area contributed by atoms with Gasteiger partial charge in [0, 0.05) is 6.42 Å². The highest BCUT2D eigenvalue weighted by molar-refractivity contribution is 5.88. The average molecular weight is 151 g/mol. The number of carbonyl (C=O) groups excluding carboxylic acids is 1. The first kappa shape index (κ1) is 8.26. The predicted octanol–water partition coefficient (Wildman–Crippen LogP) is 2.05. The number of hydrogen-bond donors (Lipinski definition) is 0. The molecule has 0 bridgehead atoms. The monoisotopic (exact) mass is 151 g/mol. The predicted molar refractivity (Wildman–Crippen MR) is 41.8 cm³/mol. The summed E-state index contributed by atoms with van der Waals surface area (Å²) in [5, 5.41) is 8.84. The maximum absolute atomic E-state index is 11.4. The van der Waals surface area contributed by atoms with E-state index in [0.29, 0.717) is 12.8 Å². The molecule has 0 aromatic rings. The van der Waals surface area contributed by atoms with E-state index in [-0.39, 0.29) is 5.78 Å². The van der Waals surface area contributed by atoms with Crippen LogP contribution in [0.1, 0.15) is 39.0 Å². The van der Waals surface area contributed by atoms with E-state index < -0.39 is 5.41 Å². The molecule has 0 aromatic heterocycles. The maximum atomic E-state index is 11.4. The molecule has 1 unspecified atom stereocenters. The Hall–Kier alpha value is -0.840. The van der Waals surface area contributed by atoms with E-state index in [1.54, 1.807) is 0 Å². The van der Waals surface area contributed by atoms with Gasteiger partial charge in [0.25, 0.3) is 0 Å². The Morgan fingerprint density at radius 1 is 1.64 bits per heavy atom. The second-order valence-electron chi connectivity index (χ2n) is 3.18. The highest BCUT2D eigenvalue weighted by atomic mass is 16.1. The molecule has 2 heteroatoms. The summed E-state index contributed by atoms with van der Waals surface area (Å²) in [6.07, 6.45) is 4.08.